The summed E-state index contributed by atoms with van der Waals surface area (Å²) in [7, 11) is 0. The Kier molecular flexibility index (Phi) is 5.52. The SMILES string of the molecule is O=C(NCc1ccnc(OCC(F)(F)F)c1)c1cnc(-c2cccs2)s1. The number of thiophene rings is 1. The van der Waals surface area contributed by atoms with E-state index in [1.54, 1.807) is 6.07 Å². The van der Waals surface area contributed by atoms with Crippen molar-refractivity contribution in [1.29, 1.82) is 0 Å². The third kappa shape index (κ3) is 5.02. The van der Waals surface area contributed by atoms with E-state index in [2.05, 4.69) is 20.0 Å². The molecule has 1 N–H and O–H groups in total. The van der Waals surface area contributed by atoms with Crippen LogP contribution in [0.3, 0.4) is 0 Å². The Morgan fingerprint density at radius 2 is 2.12 bits per heavy atom. The van der Waals surface area contributed by atoms with Crippen LogP contribution >= 0.6 is 22.7 Å². The van der Waals surface area contributed by atoms with Crippen LogP contribution in [0, 0.1) is 0 Å². The second-order valence-corrected chi connectivity index (χ2v) is 7.07. The van der Waals surface area contributed by atoms with Gasteiger partial charge >= 0.3 is 6.18 Å². The normalized spacial score (nSPS) is 11.3. The summed E-state index contributed by atoms with van der Waals surface area (Å²) in [6.45, 7) is -1.28. The lowest BCUT2D eigenvalue weighted by molar-refractivity contribution is -0.154. The van der Waals surface area contributed by atoms with Gasteiger partial charge in [-0.2, -0.15) is 13.2 Å². The van der Waals surface area contributed by atoms with E-state index in [0.717, 1.165) is 9.88 Å². The molecule has 5 nitrogen and oxygen atoms in total. The van der Waals surface area contributed by atoms with Gasteiger partial charge in [-0.1, -0.05) is 6.07 Å². The van der Waals surface area contributed by atoms with E-state index >= 15 is 0 Å². The predicted octanol–water partition coefficient (Wildman–Crippen LogP) is 4.14. The van der Waals surface area contributed by atoms with E-state index in [1.165, 1.54) is 41.1 Å². The molecule has 0 aliphatic heterocycles. The summed E-state index contributed by atoms with van der Waals surface area (Å²) < 4.78 is 41.1. The molecule has 3 aromatic rings. The number of nitrogens with one attached hydrogen (secondary N) is 1. The first kappa shape index (κ1) is 18.3. The highest BCUT2D eigenvalue weighted by Crippen LogP contribution is 2.28. The van der Waals surface area contributed by atoms with Crippen molar-refractivity contribution in [2.24, 2.45) is 0 Å². The number of nitrogens with zero attached hydrogens (tertiary/aromatic N) is 2. The van der Waals surface area contributed by atoms with Crippen molar-refractivity contribution in [2.45, 2.75) is 12.7 Å². The summed E-state index contributed by atoms with van der Waals surface area (Å²) in [6.07, 6.45) is -1.60. The number of ether oxygens (including phenoxy) is 1. The lowest BCUT2D eigenvalue weighted by Gasteiger charge is -2.09. The lowest BCUT2D eigenvalue weighted by atomic mass is 10.2. The van der Waals surface area contributed by atoms with E-state index in [4.69, 9.17) is 0 Å². The summed E-state index contributed by atoms with van der Waals surface area (Å²) in [5, 5.41) is 5.39. The number of thiazole rings is 1. The number of halogens is 3. The monoisotopic (exact) mass is 399 g/mol. The Bertz CT molecular complexity index is 879. The molecule has 3 rings (SSSR count). The average Bonchev–Trinajstić information content (AvgIpc) is 3.28. The van der Waals surface area contributed by atoms with E-state index in [1.807, 2.05) is 17.5 Å². The zero-order chi connectivity index (χ0) is 18.6. The van der Waals surface area contributed by atoms with Crippen molar-refractivity contribution in [3.05, 3.63) is 52.5 Å². The molecular formula is C16H12F3N3O2S2. The van der Waals surface area contributed by atoms with Gasteiger partial charge < -0.3 is 10.1 Å². The summed E-state index contributed by atoms with van der Waals surface area (Å²) in [5.41, 5.74) is 0.577. The molecule has 0 radical (unpaired) electrons. The fourth-order valence-corrected chi connectivity index (χ4v) is 3.59. The number of aromatic nitrogens is 2. The number of carbonyl (C=O) groups is 1. The number of alkyl halides is 3. The molecule has 0 saturated heterocycles. The van der Waals surface area contributed by atoms with Crippen LogP contribution in [0.5, 0.6) is 5.88 Å². The van der Waals surface area contributed by atoms with Crippen LogP contribution in [0.2, 0.25) is 0 Å². The fourth-order valence-electron chi connectivity index (χ4n) is 1.96. The number of carbonyl (C=O) groups excluding carboxylic acids is 1. The summed E-state index contributed by atoms with van der Waals surface area (Å²) in [4.78, 5) is 21.6. The molecule has 10 heteroatoms. The Morgan fingerprint density at radius 3 is 2.85 bits per heavy atom. The van der Waals surface area contributed by atoms with E-state index in [0.29, 0.717) is 10.4 Å². The van der Waals surface area contributed by atoms with E-state index < -0.39 is 12.8 Å². The lowest BCUT2D eigenvalue weighted by Crippen LogP contribution is -2.22. The second-order valence-electron chi connectivity index (χ2n) is 5.10. The van der Waals surface area contributed by atoms with Crippen LogP contribution in [0.25, 0.3) is 9.88 Å². The fraction of sp³-hybridized carbons (Fsp3) is 0.188. The first-order valence-electron chi connectivity index (χ1n) is 7.33. The zero-order valence-corrected chi connectivity index (χ0v) is 14.7. The molecule has 0 spiro atoms. The Hall–Kier alpha value is -2.46. The maximum atomic E-state index is 12.2. The number of amides is 1. The quantitative estimate of drug-likeness (QED) is 0.677. The molecule has 0 aliphatic rings. The number of hydrogen-bond acceptors (Lipinski definition) is 6. The highest BCUT2D eigenvalue weighted by Gasteiger charge is 2.28. The van der Waals surface area contributed by atoms with Crippen LogP contribution in [-0.4, -0.2) is 28.7 Å². The van der Waals surface area contributed by atoms with Gasteiger partial charge in [-0.05, 0) is 23.1 Å². The van der Waals surface area contributed by atoms with Crippen LogP contribution < -0.4 is 10.1 Å². The summed E-state index contributed by atoms with van der Waals surface area (Å²) in [6, 6.07) is 6.77. The molecule has 3 aromatic heterocycles. The van der Waals surface area contributed by atoms with Crippen LogP contribution in [0.15, 0.2) is 42.0 Å². The zero-order valence-electron chi connectivity index (χ0n) is 13.1. The number of rotatable bonds is 6. The Morgan fingerprint density at radius 1 is 1.27 bits per heavy atom. The van der Waals surface area contributed by atoms with E-state index in [9.17, 15) is 18.0 Å². The van der Waals surface area contributed by atoms with Gasteiger partial charge in [0, 0.05) is 18.8 Å². The minimum absolute atomic E-state index is 0.135. The molecule has 26 heavy (non-hydrogen) atoms. The van der Waals surface area contributed by atoms with Crippen molar-refractivity contribution < 1.29 is 22.7 Å². The van der Waals surface area contributed by atoms with Crippen molar-refractivity contribution in [2.75, 3.05) is 6.61 Å². The number of hydrogen-bond donors (Lipinski definition) is 1. The molecule has 0 unspecified atom stereocenters. The van der Waals surface area contributed by atoms with Gasteiger partial charge in [-0.15, -0.1) is 22.7 Å². The third-order valence-corrected chi connectivity index (χ3v) is 5.13. The smallest absolute Gasteiger partial charge is 0.422 e. The van der Waals surface area contributed by atoms with Gasteiger partial charge in [-0.25, -0.2) is 9.97 Å². The Balaban J connectivity index is 1.58. The molecule has 0 bridgehead atoms. The summed E-state index contributed by atoms with van der Waals surface area (Å²) >= 11 is 2.81. The minimum atomic E-state index is -4.43. The topological polar surface area (TPSA) is 64.1 Å². The van der Waals surface area contributed by atoms with Gasteiger partial charge in [0.05, 0.1) is 11.1 Å². The van der Waals surface area contributed by atoms with Crippen molar-refractivity contribution in [3.63, 3.8) is 0 Å². The molecule has 1 amide bonds. The maximum Gasteiger partial charge on any atom is 0.422 e. The molecule has 0 aromatic carbocycles. The van der Waals surface area contributed by atoms with Gasteiger partial charge in [0.2, 0.25) is 5.88 Å². The van der Waals surface area contributed by atoms with Crippen molar-refractivity contribution in [1.82, 2.24) is 15.3 Å². The van der Waals surface area contributed by atoms with Gasteiger partial charge in [0.15, 0.2) is 6.61 Å². The minimum Gasteiger partial charge on any atom is -0.468 e. The van der Waals surface area contributed by atoms with Gasteiger partial charge in [0.1, 0.15) is 9.88 Å². The molecule has 0 fully saturated rings. The standard InChI is InChI=1S/C16H12F3N3O2S2/c17-16(18,19)9-24-13-6-10(3-4-20-13)7-21-14(23)12-8-22-15(26-12)11-2-1-5-25-11/h1-6,8H,7,9H2,(H,21,23). The average molecular weight is 399 g/mol. The highest BCUT2D eigenvalue weighted by molar-refractivity contribution is 7.21. The molecule has 136 valence electrons. The number of pyridine rings is 1. The van der Waals surface area contributed by atoms with Crippen LogP contribution in [-0.2, 0) is 6.54 Å². The van der Waals surface area contributed by atoms with Crippen LogP contribution in [0.4, 0.5) is 13.2 Å². The van der Waals surface area contributed by atoms with Gasteiger partial charge in [0.25, 0.3) is 5.91 Å². The third-order valence-electron chi connectivity index (χ3n) is 3.10. The first-order valence-corrected chi connectivity index (χ1v) is 9.03. The van der Waals surface area contributed by atoms with Crippen molar-refractivity contribution >= 4 is 28.6 Å². The van der Waals surface area contributed by atoms with Crippen molar-refractivity contribution in [3.8, 4) is 15.8 Å². The van der Waals surface area contributed by atoms with Gasteiger partial charge in [-0.3, -0.25) is 4.79 Å². The molecule has 0 aliphatic carbocycles. The maximum absolute atomic E-state index is 12.2. The molecule has 3 heterocycles. The largest absolute Gasteiger partial charge is 0.468 e. The predicted molar refractivity (Wildman–Crippen MR) is 92.4 cm³/mol. The molecular weight excluding hydrogens is 387 g/mol. The van der Waals surface area contributed by atoms with E-state index in [-0.39, 0.29) is 18.3 Å². The van der Waals surface area contributed by atoms with Crippen LogP contribution in [0.1, 0.15) is 15.2 Å². The first-order chi connectivity index (χ1) is 12.4. The Labute approximate surface area is 154 Å². The molecule has 0 atom stereocenters. The molecule has 0 saturated carbocycles. The highest BCUT2D eigenvalue weighted by atomic mass is 32.1. The second kappa shape index (κ2) is 7.83. The summed E-state index contributed by atoms with van der Waals surface area (Å²) in [5.74, 6) is -0.452.